The van der Waals surface area contributed by atoms with Gasteiger partial charge in [0.15, 0.2) is 0 Å². The topological polar surface area (TPSA) is 9.23 Å². The lowest BCUT2D eigenvalue weighted by Gasteiger charge is -2.51. The molecule has 3 rings (SSSR count). The van der Waals surface area contributed by atoms with Crippen molar-refractivity contribution in [2.24, 2.45) is 5.41 Å². The number of hydrogen-bond acceptors (Lipinski definition) is 1. The van der Waals surface area contributed by atoms with Crippen LogP contribution in [0, 0.1) is 12.3 Å². The number of rotatable bonds is 2. The highest BCUT2D eigenvalue weighted by Crippen LogP contribution is 2.57. The molecule has 2 aliphatic rings. The van der Waals surface area contributed by atoms with Crippen LogP contribution in [0.2, 0.25) is 0 Å². The van der Waals surface area contributed by atoms with Crippen LogP contribution in [0.25, 0.3) is 0 Å². The van der Waals surface area contributed by atoms with Crippen molar-refractivity contribution in [2.75, 3.05) is 0 Å². The molecule has 0 aliphatic heterocycles. The minimum Gasteiger partial charge on any atom is -0.489 e. The van der Waals surface area contributed by atoms with E-state index in [-0.39, 0.29) is 5.41 Å². The van der Waals surface area contributed by atoms with E-state index in [1.807, 2.05) is 0 Å². The first-order chi connectivity index (χ1) is 9.83. The molecule has 116 valence electrons. The molecule has 1 aromatic rings. The van der Waals surface area contributed by atoms with Gasteiger partial charge >= 0.3 is 0 Å². The molecule has 0 heterocycles. The van der Waals surface area contributed by atoms with Crippen LogP contribution in [0.4, 0.5) is 0 Å². The number of ether oxygens (including phenoxy) is 1. The first-order valence-electron chi connectivity index (χ1n) is 8.25. The average Bonchev–Trinajstić information content (AvgIpc) is 2.91. The number of alkyl halides is 1. The predicted octanol–water partition coefficient (Wildman–Crippen LogP) is 5.77. The van der Waals surface area contributed by atoms with Gasteiger partial charge < -0.3 is 4.74 Å². The number of halogens is 1. The summed E-state index contributed by atoms with van der Waals surface area (Å²) in [5, 5.41) is 0. The van der Waals surface area contributed by atoms with E-state index in [9.17, 15) is 0 Å². The lowest BCUT2D eigenvalue weighted by atomic mass is 9.64. The van der Waals surface area contributed by atoms with Gasteiger partial charge in [0.2, 0.25) is 0 Å². The molecule has 0 amide bonds. The van der Waals surface area contributed by atoms with Crippen LogP contribution in [0.1, 0.15) is 64.0 Å². The minimum absolute atomic E-state index is 0.202. The Labute approximate surface area is 137 Å². The third kappa shape index (κ3) is 2.65. The third-order valence-corrected chi connectivity index (χ3v) is 6.82. The van der Waals surface area contributed by atoms with Crippen LogP contribution in [-0.4, -0.2) is 10.9 Å². The average molecular weight is 351 g/mol. The van der Waals surface area contributed by atoms with Crippen molar-refractivity contribution in [2.45, 2.75) is 76.1 Å². The highest BCUT2D eigenvalue weighted by atomic mass is 79.9. The Bertz CT molecular complexity index is 523. The molecule has 2 heteroatoms. The summed E-state index contributed by atoms with van der Waals surface area (Å²) < 4.78 is 6.43. The second-order valence-electron chi connectivity index (χ2n) is 7.98. The fraction of sp³-hybridized carbons (Fsp3) is 0.684. The van der Waals surface area contributed by atoms with Crippen LogP contribution in [-0.2, 0) is 5.41 Å². The number of benzene rings is 1. The molecular weight excluding hydrogens is 324 g/mol. The normalized spacial score (nSPS) is 27.7. The molecule has 1 nitrogen and oxygen atoms in total. The van der Waals surface area contributed by atoms with Gasteiger partial charge in [-0.05, 0) is 48.8 Å². The smallest absolute Gasteiger partial charge is 0.122 e. The second kappa shape index (κ2) is 5.30. The molecule has 0 aromatic heterocycles. The molecule has 2 atom stereocenters. The highest BCUT2D eigenvalue weighted by molar-refractivity contribution is 9.09. The van der Waals surface area contributed by atoms with Gasteiger partial charge in [0.1, 0.15) is 11.9 Å². The van der Waals surface area contributed by atoms with Crippen LogP contribution < -0.4 is 4.74 Å². The summed E-state index contributed by atoms with van der Waals surface area (Å²) >= 11 is 3.87. The fourth-order valence-corrected chi connectivity index (χ4v) is 5.03. The van der Waals surface area contributed by atoms with E-state index in [0.29, 0.717) is 16.3 Å². The van der Waals surface area contributed by atoms with Crippen LogP contribution in [0.5, 0.6) is 5.75 Å². The van der Waals surface area contributed by atoms with Gasteiger partial charge in [0, 0.05) is 10.2 Å². The van der Waals surface area contributed by atoms with Crippen molar-refractivity contribution in [1.82, 2.24) is 0 Å². The first kappa shape index (κ1) is 15.4. The van der Waals surface area contributed by atoms with Crippen molar-refractivity contribution in [3.8, 4) is 5.75 Å². The zero-order valence-electron chi connectivity index (χ0n) is 13.7. The van der Waals surface area contributed by atoms with E-state index in [4.69, 9.17) is 4.74 Å². The summed E-state index contributed by atoms with van der Waals surface area (Å²) in [7, 11) is 0. The molecule has 2 fully saturated rings. The summed E-state index contributed by atoms with van der Waals surface area (Å²) in [6.07, 6.45) is 6.94. The van der Waals surface area contributed by atoms with E-state index in [1.54, 1.807) is 0 Å². The number of hydrogen-bond donors (Lipinski definition) is 0. The maximum atomic E-state index is 6.43. The molecule has 2 saturated carbocycles. The molecule has 2 aliphatic carbocycles. The molecule has 0 bridgehead atoms. The first-order valence-corrected chi connectivity index (χ1v) is 9.16. The summed E-state index contributed by atoms with van der Waals surface area (Å²) in [6, 6.07) is 6.70. The van der Waals surface area contributed by atoms with Crippen molar-refractivity contribution < 1.29 is 4.74 Å². The van der Waals surface area contributed by atoms with Gasteiger partial charge in [-0.1, -0.05) is 61.7 Å². The standard InChI is InChI=1S/C19H27BrO/c1-13-11-14(18(2,3)4)7-8-15(13)21-17-12-16(20)19(17)9-5-6-10-19/h7-8,11,16-17H,5-6,9-10,12H2,1-4H3. The lowest BCUT2D eigenvalue weighted by Crippen LogP contribution is -2.55. The number of aryl methyl sites for hydroxylation is 1. The predicted molar refractivity (Wildman–Crippen MR) is 92.5 cm³/mol. The molecule has 0 N–H and O–H groups in total. The van der Waals surface area contributed by atoms with E-state index in [2.05, 4.69) is 61.8 Å². The van der Waals surface area contributed by atoms with Crippen LogP contribution in [0.15, 0.2) is 18.2 Å². The minimum atomic E-state index is 0.202. The van der Waals surface area contributed by atoms with E-state index in [1.165, 1.54) is 36.8 Å². The van der Waals surface area contributed by atoms with Gasteiger partial charge in [-0.3, -0.25) is 0 Å². The van der Waals surface area contributed by atoms with E-state index >= 15 is 0 Å². The summed E-state index contributed by atoms with van der Waals surface area (Å²) in [6.45, 7) is 8.96. The van der Waals surface area contributed by atoms with E-state index in [0.717, 1.165) is 12.2 Å². The zero-order chi connectivity index (χ0) is 15.3. The fourth-order valence-electron chi connectivity index (χ4n) is 3.93. The lowest BCUT2D eigenvalue weighted by molar-refractivity contribution is -0.0307. The Morgan fingerprint density at radius 3 is 2.38 bits per heavy atom. The monoisotopic (exact) mass is 350 g/mol. The van der Waals surface area contributed by atoms with Crippen molar-refractivity contribution in [1.29, 1.82) is 0 Å². The molecule has 2 unspecified atom stereocenters. The summed E-state index contributed by atoms with van der Waals surface area (Å²) in [5.41, 5.74) is 3.27. The van der Waals surface area contributed by atoms with Gasteiger partial charge in [0.25, 0.3) is 0 Å². The molecule has 1 aromatic carbocycles. The molecular formula is C19H27BrO. The Kier molecular flexibility index (Phi) is 3.88. The van der Waals surface area contributed by atoms with E-state index < -0.39 is 0 Å². The second-order valence-corrected chi connectivity index (χ2v) is 9.09. The van der Waals surface area contributed by atoms with Gasteiger partial charge in [-0.15, -0.1) is 0 Å². The SMILES string of the molecule is Cc1cc(C(C)(C)C)ccc1OC1CC(Br)C12CCCC2. The molecule has 21 heavy (non-hydrogen) atoms. The maximum Gasteiger partial charge on any atom is 0.122 e. The molecule has 1 spiro atoms. The Morgan fingerprint density at radius 1 is 1.19 bits per heavy atom. The summed E-state index contributed by atoms with van der Waals surface area (Å²) in [4.78, 5) is 0.659. The van der Waals surface area contributed by atoms with Gasteiger partial charge in [0.05, 0.1) is 0 Å². The largest absolute Gasteiger partial charge is 0.489 e. The van der Waals surface area contributed by atoms with Crippen LogP contribution >= 0.6 is 15.9 Å². The van der Waals surface area contributed by atoms with Crippen molar-refractivity contribution in [3.63, 3.8) is 0 Å². The quantitative estimate of drug-likeness (QED) is 0.615. The Hall–Kier alpha value is -0.500. The Morgan fingerprint density at radius 2 is 1.86 bits per heavy atom. The van der Waals surface area contributed by atoms with Crippen molar-refractivity contribution >= 4 is 15.9 Å². The zero-order valence-corrected chi connectivity index (χ0v) is 15.3. The molecule has 0 saturated heterocycles. The van der Waals surface area contributed by atoms with Gasteiger partial charge in [-0.2, -0.15) is 0 Å². The van der Waals surface area contributed by atoms with Crippen molar-refractivity contribution in [3.05, 3.63) is 29.3 Å². The molecule has 0 radical (unpaired) electrons. The highest BCUT2D eigenvalue weighted by Gasteiger charge is 2.56. The van der Waals surface area contributed by atoms with Crippen LogP contribution in [0.3, 0.4) is 0 Å². The summed E-state index contributed by atoms with van der Waals surface area (Å²) in [5.74, 6) is 1.08. The Balaban J connectivity index is 1.77. The third-order valence-electron chi connectivity index (χ3n) is 5.53. The van der Waals surface area contributed by atoms with Gasteiger partial charge in [-0.25, -0.2) is 0 Å². The maximum absolute atomic E-state index is 6.43.